The average molecular weight is 428 g/mol. The largest absolute Gasteiger partial charge is 0.352 e. The summed E-state index contributed by atoms with van der Waals surface area (Å²) in [5.74, 6) is -0.907. The third-order valence-electron chi connectivity index (χ3n) is 4.24. The number of non-ortho nitro benzene ring substituents is 1. The Hall–Kier alpha value is -3.72. The lowest BCUT2D eigenvalue weighted by Crippen LogP contribution is -2.27. The number of rotatable bonds is 8. The summed E-state index contributed by atoms with van der Waals surface area (Å²) in [6.07, 6.45) is 4.23. The second-order valence-electron chi connectivity index (χ2n) is 6.30. The Bertz CT molecular complexity index is 1070. The lowest BCUT2D eigenvalue weighted by molar-refractivity contribution is -0.384. The van der Waals surface area contributed by atoms with E-state index in [-0.39, 0.29) is 22.2 Å². The predicted molar refractivity (Wildman–Crippen MR) is 112 cm³/mol. The van der Waals surface area contributed by atoms with Gasteiger partial charge in [-0.2, -0.15) is 5.10 Å². The number of nitro groups is 1. The molecular weight excluding hydrogens is 410 g/mol. The molecule has 9 nitrogen and oxygen atoms in total. The molecule has 0 aliphatic heterocycles. The van der Waals surface area contributed by atoms with E-state index < -0.39 is 10.8 Å². The molecular formula is C20H18ClN5O4. The second-order valence-corrected chi connectivity index (χ2v) is 6.71. The lowest BCUT2D eigenvalue weighted by atomic mass is 10.1. The van der Waals surface area contributed by atoms with Gasteiger partial charge in [0.2, 0.25) is 0 Å². The van der Waals surface area contributed by atoms with Crippen molar-refractivity contribution in [1.82, 2.24) is 15.1 Å². The molecule has 0 saturated carbocycles. The zero-order chi connectivity index (χ0) is 21.5. The number of nitro benzene ring substituents is 1. The molecule has 2 amide bonds. The van der Waals surface area contributed by atoms with Gasteiger partial charge in [0, 0.05) is 37.6 Å². The quantitative estimate of drug-likeness (QED) is 0.324. The number of hydrogen-bond acceptors (Lipinski definition) is 5. The number of nitrogens with zero attached hydrogens (tertiary/aromatic N) is 3. The molecule has 2 aromatic carbocycles. The van der Waals surface area contributed by atoms with Gasteiger partial charge in [-0.3, -0.25) is 24.4 Å². The van der Waals surface area contributed by atoms with Crippen molar-refractivity contribution in [3.63, 3.8) is 0 Å². The first-order valence-corrected chi connectivity index (χ1v) is 9.43. The van der Waals surface area contributed by atoms with Crippen LogP contribution in [-0.2, 0) is 6.54 Å². The maximum atomic E-state index is 12.6. The first-order valence-electron chi connectivity index (χ1n) is 9.05. The minimum Gasteiger partial charge on any atom is -0.352 e. The van der Waals surface area contributed by atoms with Gasteiger partial charge in [0.25, 0.3) is 17.5 Å². The summed E-state index contributed by atoms with van der Waals surface area (Å²) in [6.45, 7) is 1.11. The van der Waals surface area contributed by atoms with Gasteiger partial charge in [0.15, 0.2) is 0 Å². The molecule has 154 valence electrons. The maximum absolute atomic E-state index is 12.6. The third kappa shape index (κ3) is 5.21. The molecule has 1 heterocycles. The topological polar surface area (TPSA) is 119 Å². The number of para-hydroxylation sites is 1. The molecule has 0 bridgehead atoms. The Labute approximate surface area is 176 Å². The van der Waals surface area contributed by atoms with Crippen molar-refractivity contribution in [3.8, 4) is 0 Å². The fourth-order valence-corrected chi connectivity index (χ4v) is 3.01. The number of anilines is 1. The highest BCUT2D eigenvalue weighted by molar-refractivity contribution is 6.34. The Morgan fingerprint density at radius 1 is 1.10 bits per heavy atom. The summed E-state index contributed by atoms with van der Waals surface area (Å²) >= 11 is 6.01. The molecule has 0 unspecified atom stereocenters. The van der Waals surface area contributed by atoms with E-state index in [4.69, 9.17) is 11.6 Å². The van der Waals surface area contributed by atoms with Crippen LogP contribution in [0.5, 0.6) is 0 Å². The fourth-order valence-electron chi connectivity index (χ4n) is 2.75. The summed E-state index contributed by atoms with van der Waals surface area (Å²) < 4.78 is 1.77. The molecule has 1 aromatic heterocycles. The second kappa shape index (κ2) is 9.66. The van der Waals surface area contributed by atoms with Crippen molar-refractivity contribution >= 4 is 34.8 Å². The molecule has 0 saturated heterocycles. The Morgan fingerprint density at radius 3 is 2.60 bits per heavy atom. The minimum absolute atomic E-state index is 0.0535. The van der Waals surface area contributed by atoms with Crippen LogP contribution in [0.2, 0.25) is 5.02 Å². The zero-order valence-electron chi connectivity index (χ0n) is 15.7. The first-order chi connectivity index (χ1) is 14.5. The van der Waals surface area contributed by atoms with Crippen LogP contribution in [0.4, 0.5) is 11.4 Å². The highest BCUT2D eigenvalue weighted by atomic mass is 35.5. The normalized spacial score (nSPS) is 10.4. The third-order valence-corrected chi connectivity index (χ3v) is 4.55. The van der Waals surface area contributed by atoms with Gasteiger partial charge in [-0.1, -0.05) is 23.7 Å². The molecule has 10 heteroatoms. The van der Waals surface area contributed by atoms with E-state index in [1.165, 1.54) is 12.1 Å². The van der Waals surface area contributed by atoms with Gasteiger partial charge in [-0.15, -0.1) is 0 Å². The van der Waals surface area contributed by atoms with Crippen molar-refractivity contribution in [2.24, 2.45) is 0 Å². The number of carbonyl (C=O) groups is 2. The predicted octanol–water partition coefficient (Wildman–Crippen LogP) is 3.52. The van der Waals surface area contributed by atoms with Gasteiger partial charge in [0.05, 0.1) is 26.8 Å². The van der Waals surface area contributed by atoms with E-state index >= 15 is 0 Å². The number of amides is 2. The van der Waals surface area contributed by atoms with Gasteiger partial charge in [-0.25, -0.2) is 0 Å². The number of aromatic nitrogens is 2. The summed E-state index contributed by atoms with van der Waals surface area (Å²) in [5, 5.41) is 20.3. The van der Waals surface area contributed by atoms with Crippen LogP contribution in [0.25, 0.3) is 0 Å². The maximum Gasteiger partial charge on any atom is 0.270 e. The van der Waals surface area contributed by atoms with Crippen LogP contribution in [0.3, 0.4) is 0 Å². The van der Waals surface area contributed by atoms with E-state index in [1.54, 1.807) is 35.1 Å². The molecule has 0 atom stereocenters. The summed E-state index contributed by atoms with van der Waals surface area (Å²) in [6, 6.07) is 12.0. The minimum atomic E-state index is -0.598. The molecule has 0 spiro atoms. The average Bonchev–Trinajstić information content (AvgIpc) is 3.24. The highest BCUT2D eigenvalue weighted by Crippen LogP contribution is 2.24. The van der Waals surface area contributed by atoms with E-state index in [0.717, 1.165) is 6.07 Å². The SMILES string of the molecule is O=C(Nc1ccccc1C(=O)NCCCn1cccn1)c1ccc([N+](=O)[O-])cc1Cl. The van der Waals surface area contributed by atoms with Crippen LogP contribution in [-0.4, -0.2) is 33.1 Å². The van der Waals surface area contributed by atoms with Gasteiger partial charge in [0.1, 0.15) is 0 Å². The lowest BCUT2D eigenvalue weighted by Gasteiger charge is -2.12. The van der Waals surface area contributed by atoms with Crippen LogP contribution in [0, 0.1) is 10.1 Å². The molecule has 3 rings (SSSR count). The highest BCUT2D eigenvalue weighted by Gasteiger charge is 2.18. The van der Waals surface area contributed by atoms with E-state index in [2.05, 4.69) is 15.7 Å². The number of carbonyl (C=O) groups excluding carboxylic acids is 2. The summed E-state index contributed by atoms with van der Waals surface area (Å²) in [5.41, 5.74) is 0.451. The van der Waals surface area contributed by atoms with Crippen LogP contribution < -0.4 is 10.6 Å². The van der Waals surface area contributed by atoms with Crippen molar-refractivity contribution in [2.75, 3.05) is 11.9 Å². The smallest absolute Gasteiger partial charge is 0.270 e. The van der Waals surface area contributed by atoms with Crippen molar-refractivity contribution in [3.05, 3.63) is 87.2 Å². The number of nitrogens with one attached hydrogen (secondary N) is 2. The monoisotopic (exact) mass is 427 g/mol. The number of aryl methyl sites for hydroxylation is 1. The zero-order valence-corrected chi connectivity index (χ0v) is 16.5. The first kappa shape index (κ1) is 21.0. The van der Waals surface area contributed by atoms with E-state index in [1.807, 2.05) is 12.3 Å². The summed E-state index contributed by atoms with van der Waals surface area (Å²) in [7, 11) is 0. The molecule has 0 aliphatic carbocycles. The van der Waals surface area contributed by atoms with Crippen molar-refractivity contribution in [2.45, 2.75) is 13.0 Å². The Kier molecular flexibility index (Phi) is 6.76. The van der Waals surface area contributed by atoms with Crippen molar-refractivity contribution < 1.29 is 14.5 Å². The number of hydrogen-bond donors (Lipinski definition) is 2. The van der Waals surface area contributed by atoms with Crippen LogP contribution in [0.15, 0.2) is 60.9 Å². The van der Waals surface area contributed by atoms with Gasteiger partial charge in [-0.05, 0) is 30.7 Å². The molecule has 3 aromatic rings. The number of benzene rings is 2. The number of halogens is 1. The Balaban J connectivity index is 1.65. The molecule has 0 fully saturated rings. The Morgan fingerprint density at radius 2 is 1.90 bits per heavy atom. The molecule has 0 radical (unpaired) electrons. The van der Waals surface area contributed by atoms with Gasteiger partial charge < -0.3 is 10.6 Å². The summed E-state index contributed by atoms with van der Waals surface area (Å²) in [4.78, 5) is 35.3. The molecule has 30 heavy (non-hydrogen) atoms. The van der Waals surface area contributed by atoms with Crippen LogP contribution >= 0.6 is 11.6 Å². The van der Waals surface area contributed by atoms with Crippen LogP contribution in [0.1, 0.15) is 27.1 Å². The van der Waals surface area contributed by atoms with E-state index in [0.29, 0.717) is 30.8 Å². The molecule has 0 aliphatic rings. The van der Waals surface area contributed by atoms with Gasteiger partial charge >= 0.3 is 0 Å². The van der Waals surface area contributed by atoms with Crippen molar-refractivity contribution in [1.29, 1.82) is 0 Å². The fraction of sp³-hybridized carbons (Fsp3) is 0.150. The van der Waals surface area contributed by atoms with E-state index in [9.17, 15) is 19.7 Å². The molecule has 2 N–H and O–H groups in total. The standard InChI is InChI=1S/C20H18ClN5O4/c21-17-13-14(26(29)30)7-8-15(17)20(28)24-18-6-2-1-5-16(18)19(27)22-9-3-11-25-12-4-10-23-25/h1-2,4-8,10,12-13H,3,9,11H2,(H,22,27)(H,24,28).